The fourth-order valence-electron chi connectivity index (χ4n) is 1.71. The minimum atomic E-state index is 0.0639. The Morgan fingerprint density at radius 3 is 2.53 bits per heavy atom. The number of hydrogen-bond acceptors (Lipinski definition) is 2. The minimum absolute atomic E-state index is 0.0639. The summed E-state index contributed by atoms with van der Waals surface area (Å²) in [4.78, 5) is 14.0. The maximum absolute atomic E-state index is 12.2. The normalized spacial score (nSPS) is 12.3. The molecule has 0 saturated carbocycles. The molecule has 0 aliphatic rings. The van der Waals surface area contributed by atoms with Crippen molar-refractivity contribution < 1.29 is 4.79 Å². The molecule has 0 aliphatic carbocycles. The van der Waals surface area contributed by atoms with Crippen molar-refractivity contribution in [1.29, 1.82) is 0 Å². The van der Waals surface area contributed by atoms with E-state index in [0.29, 0.717) is 6.54 Å². The van der Waals surface area contributed by atoms with Gasteiger partial charge in [0.15, 0.2) is 0 Å². The molecule has 0 fully saturated rings. The lowest BCUT2D eigenvalue weighted by Crippen LogP contribution is -2.36. The van der Waals surface area contributed by atoms with Crippen molar-refractivity contribution in [2.24, 2.45) is 5.73 Å². The van der Waals surface area contributed by atoms with Gasteiger partial charge in [0.05, 0.1) is 0 Å². The molecule has 1 atom stereocenters. The van der Waals surface area contributed by atoms with Crippen LogP contribution in [0.5, 0.6) is 0 Å². The van der Waals surface area contributed by atoms with Crippen LogP contribution in [-0.2, 0) is 0 Å². The Morgan fingerprint density at radius 2 is 2.00 bits per heavy atom. The summed E-state index contributed by atoms with van der Waals surface area (Å²) in [7, 11) is 1.83. The first-order chi connectivity index (χ1) is 7.97. The molecule has 3 nitrogen and oxygen atoms in total. The van der Waals surface area contributed by atoms with Crippen molar-refractivity contribution in [3.05, 3.63) is 34.9 Å². The molecule has 0 radical (unpaired) electrons. The summed E-state index contributed by atoms with van der Waals surface area (Å²) < 4.78 is 0. The largest absolute Gasteiger partial charge is 0.339 e. The average Bonchev–Trinajstić information content (AvgIpc) is 2.31. The van der Waals surface area contributed by atoms with Crippen molar-refractivity contribution in [2.75, 3.05) is 13.6 Å². The Kier molecular flexibility index (Phi) is 4.70. The third kappa shape index (κ3) is 3.30. The van der Waals surface area contributed by atoms with E-state index in [1.165, 1.54) is 5.56 Å². The maximum atomic E-state index is 12.2. The lowest BCUT2D eigenvalue weighted by molar-refractivity contribution is 0.0739. The summed E-state index contributed by atoms with van der Waals surface area (Å²) in [5.41, 5.74) is 8.62. The van der Waals surface area contributed by atoms with Gasteiger partial charge in [-0.2, -0.15) is 0 Å². The molecule has 94 valence electrons. The van der Waals surface area contributed by atoms with Crippen molar-refractivity contribution in [3.8, 4) is 0 Å². The second-order valence-corrected chi connectivity index (χ2v) is 4.64. The van der Waals surface area contributed by atoms with Gasteiger partial charge in [-0.15, -0.1) is 0 Å². The molecular formula is C14H22N2O. The van der Waals surface area contributed by atoms with Gasteiger partial charge in [-0.05, 0) is 57.0 Å². The number of rotatable bonds is 4. The third-order valence-electron chi connectivity index (χ3n) is 3.32. The summed E-state index contributed by atoms with van der Waals surface area (Å²) in [5.74, 6) is 0.0639. The predicted molar refractivity (Wildman–Crippen MR) is 71.1 cm³/mol. The monoisotopic (exact) mass is 234 g/mol. The molecule has 0 saturated heterocycles. The van der Waals surface area contributed by atoms with Gasteiger partial charge in [-0.25, -0.2) is 0 Å². The number of hydrogen-bond donors (Lipinski definition) is 1. The molecule has 2 N–H and O–H groups in total. The van der Waals surface area contributed by atoms with Gasteiger partial charge in [0, 0.05) is 18.7 Å². The molecule has 1 aromatic carbocycles. The van der Waals surface area contributed by atoms with E-state index in [0.717, 1.165) is 17.5 Å². The molecule has 1 rings (SSSR count). The summed E-state index contributed by atoms with van der Waals surface area (Å²) >= 11 is 0. The predicted octanol–water partition coefficient (Wildman–Crippen LogP) is 2.11. The van der Waals surface area contributed by atoms with Gasteiger partial charge < -0.3 is 10.6 Å². The quantitative estimate of drug-likeness (QED) is 0.867. The van der Waals surface area contributed by atoms with Gasteiger partial charge in [-0.3, -0.25) is 4.79 Å². The van der Waals surface area contributed by atoms with Crippen molar-refractivity contribution >= 4 is 5.91 Å². The van der Waals surface area contributed by atoms with E-state index >= 15 is 0 Å². The number of carbonyl (C=O) groups is 1. The second-order valence-electron chi connectivity index (χ2n) is 4.64. The Bertz CT molecular complexity index is 401. The van der Waals surface area contributed by atoms with Crippen LogP contribution in [0.15, 0.2) is 18.2 Å². The molecule has 3 heteroatoms. The molecule has 0 bridgehead atoms. The molecule has 0 aliphatic heterocycles. The lowest BCUT2D eigenvalue weighted by atomic mass is 10.0. The highest BCUT2D eigenvalue weighted by Gasteiger charge is 2.16. The van der Waals surface area contributed by atoms with E-state index in [9.17, 15) is 4.79 Å². The standard InChI is InChI=1S/C14H22N2O/c1-10-5-6-13(9-11(10)2)14(17)16(4)12(3)7-8-15/h5-6,9,12H,7-8,15H2,1-4H3. The molecule has 0 heterocycles. The zero-order valence-electron chi connectivity index (χ0n) is 11.2. The van der Waals surface area contributed by atoms with Crippen LogP contribution in [-0.4, -0.2) is 30.4 Å². The first-order valence-corrected chi connectivity index (χ1v) is 6.02. The van der Waals surface area contributed by atoms with Gasteiger partial charge >= 0.3 is 0 Å². The van der Waals surface area contributed by atoms with Gasteiger partial charge in [-0.1, -0.05) is 6.07 Å². The molecule has 1 aromatic rings. The summed E-state index contributed by atoms with van der Waals surface area (Å²) in [6.07, 6.45) is 0.826. The molecule has 1 unspecified atom stereocenters. The topological polar surface area (TPSA) is 46.3 Å². The molecule has 0 spiro atoms. The van der Waals surface area contributed by atoms with Crippen LogP contribution in [0.2, 0.25) is 0 Å². The summed E-state index contributed by atoms with van der Waals surface area (Å²) in [5, 5.41) is 0. The minimum Gasteiger partial charge on any atom is -0.339 e. The van der Waals surface area contributed by atoms with Crippen molar-refractivity contribution in [1.82, 2.24) is 4.90 Å². The van der Waals surface area contributed by atoms with Crippen LogP contribution >= 0.6 is 0 Å². The number of nitrogens with two attached hydrogens (primary N) is 1. The van der Waals surface area contributed by atoms with Crippen LogP contribution in [0.3, 0.4) is 0 Å². The zero-order valence-corrected chi connectivity index (χ0v) is 11.2. The molecule has 0 aromatic heterocycles. The Labute approximate surface area is 104 Å². The van der Waals surface area contributed by atoms with Crippen LogP contribution < -0.4 is 5.73 Å². The van der Waals surface area contributed by atoms with Crippen molar-refractivity contribution in [2.45, 2.75) is 33.2 Å². The van der Waals surface area contributed by atoms with E-state index in [-0.39, 0.29) is 11.9 Å². The van der Waals surface area contributed by atoms with E-state index in [2.05, 4.69) is 0 Å². The fraction of sp³-hybridized carbons (Fsp3) is 0.500. The SMILES string of the molecule is Cc1ccc(C(=O)N(C)C(C)CCN)cc1C. The highest BCUT2D eigenvalue weighted by atomic mass is 16.2. The molecule has 17 heavy (non-hydrogen) atoms. The number of benzene rings is 1. The molecular weight excluding hydrogens is 212 g/mol. The van der Waals surface area contributed by atoms with E-state index in [4.69, 9.17) is 5.73 Å². The van der Waals surface area contributed by atoms with Crippen LogP contribution in [0, 0.1) is 13.8 Å². The lowest BCUT2D eigenvalue weighted by Gasteiger charge is -2.24. The van der Waals surface area contributed by atoms with Crippen LogP contribution in [0.4, 0.5) is 0 Å². The summed E-state index contributed by atoms with van der Waals surface area (Å²) in [6, 6.07) is 6.00. The third-order valence-corrected chi connectivity index (χ3v) is 3.32. The van der Waals surface area contributed by atoms with Gasteiger partial charge in [0.2, 0.25) is 0 Å². The smallest absolute Gasteiger partial charge is 0.253 e. The maximum Gasteiger partial charge on any atom is 0.253 e. The van der Waals surface area contributed by atoms with E-state index in [1.807, 2.05) is 46.0 Å². The van der Waals surface area contributed by atoms with Crippen LogP contribution in [0.25, 0.3) is 0 Å². The fourth-order valence-corrected chi connectivity index (χ4v) is 1.71. The average molecular weight is 234 g/mol. The number of aryl methyl sites for hydroxylation is 2. The second kappa shape index (κ2) is 5.82. The van der Waals surface area contributed by atoms with Gasteiger partial charge in [0.1, 0.15) is 0 Å². The van der Waals surface area contributed by atoms with Crippen molar-refractivity contribution in [3.63, 3.8) is 0 Å². The summed E-state index contributed by atoms with van der Waals surface area (Å²) in [6.45, 7) is 6.69. The first-order valence-electron chi connectivity index (χ1n) is 6.02. The van der Waals surface area contributed by atoms with Gasteiger partial charge in [0.25, 0.3) is 5.91 Å². The number of amides is 1. The number of carbonyl (C=O) groups excluding carboxylic acids is 1. The first kappa shape index (κ1) is 13.7. The number of nitrogens with zero attached hydrogens (tertiary/aromatic N) is 1. The molecule has 1 amide bonds. The highest BCUT2D eigenvalue weighted by molar-refractivity contribution is 5.94. The van der Waals surface area contributed by atoms with E-state index < -0.39 is 0 Å². The Balaban J connectivity index is 2.85. The Hall–Kier alpha value is -1.35. The Morgan fingerprint density at radius 1 is 1.35 bits per heavy atom. The van der Waals surface area contributed by atoms with E-state index in [1.54, 1.807) is 4.90 Å². The van der Waals surface area contributed by atoms with Crippen LogP contribution in [0.1, 0.15) is 34.8 Å². The highest BCUT2D eigenvalue weighted by Crippen LogP contribution is 2.13. The zero-order chi connectivity index (χ0) is 13.0.